The third-order valence-corrected chi connectivity index (χ3v) is 9.16. The number of aliphatic hydroxyl groups excluding tert-OH is 4. The lowest BCUT2D eigenvalue weighted by atomic mass is 9.88. The highest BCUT2D eigenvalue weighted by atomic mass is 16.6. The molecule has 1 aliphatic carbocycles. The van der Waals surface area contributed by atoms with Gasteiger partial charge in [0.05, 0.1) is 24.9 Å². The summed E-state index contributed by atoms with van der Waals surface area (Å²) in [4.78, 5) is 24.3. The molecule has 0 saturated heterocycles. The lowest BCUT2D eigenvalue weighted by molar-refractivity contribution is -0.161. The molecule has 0 spiro atoms. The van der Waals surface area contributed by atoms with Crippen LogP contribution in [0, 0.1) is 11.8 Å². The van der Waals surface area contributed by atoms with Gasteiger partial charge in [-0.3, -0.25) is 9.59 Å². The summed E-state index contributed by atoms with van der Waals surface area (Å²) in [5.41, 5.74) is 0. The van der Waals surface area contributed by atoms with Gasteiger partial charge in [-0.05, 0) is 31.6 Å². The number of carbonyl (C=O) groups is 2. The Kier molecular flexibility index (Phi) is 25.5. The van der Waals surface area contributed by atoms with Crippen LogP contribution in [0.5, 0.6) is 0 Å². The molecular formula is C37H68O8. The minimum absolute atomic E-state index is 0.0305. The van der Waals surface area contributed by atoms with Crippen LogP contribution < -0.4 is 0 Å². The zero-order chi connectivity index (χ0) is 33.1. The molecule has 0 aromatic carbocycles. The highest BCUT2D eigenvalue weighted by Crippen LogP contribution is 2.37. The SMILES string of the molecule is CCCCCCCCCCCCCC(=O)O[C@@H](CO)COC(=O)CCCCCC[C@@H]1[C@@H](/C=C/[C@@H](O)CCCCC)[C@H](O)C[C@@H]1O. The van der Waals surface area contributed by atoms with Gasteiger partial charge in [0.15, 0.2) is 6.10 Å². The molecule has 8 heteroatoms. The molecule has 45 heavy (non-hydrogen) atoms. The lowest BCUT2D eigenvalue weighted by Crippen LogP contribution is -2.28. The standard InChI is InChI=1S/C37H68O8/c1-3-5-7-8-9-10-11-12-13-14-20-24-37(43)45-31(28-38)29-44-36(42)23-19-16-15-18-22-32-33(35(41)27-34(32)40)26-25-30(39)21-17-6-4-2/h25-26,30-35,38-41H,3-24,27-29H2,1-2H3/b26-25+/t30-,31-,32+,33+,34-,35+/m0/s1. The Morgan fingerprint density at radius 2 is 1.27 bits per heavy atom. The lowest BCUT2D eigenvalue weighted by Gasteiger charge is -2.21. The van der Waals surface area contributed by atoms with E-state index in [-0.39, 0.29) is 43.4 Å². The van der Waals surface area contributed by atoms with E-state index >= 15 is 0 Å². The Balaban J connectivity index is 2.13. The normalized spacial score (nSPS) is 21.3. The molecule has 1 fully saturated rings. The molecule has 8 nitrogen and oxygen atoms in total. The second-order valence-corrected chi connectivity index (χ2v) is 13.3. The summed E-state index contributed by atoms with van der Waals surface area (Å²) in [7, 11) is 0. The van der Waals surface area contributed by atoms with Gasteiger partial charge in [0, 0.05) is 25.2 Å². The molecule has 1 saturated carbocycles. The second kappa shape index (κ2) is 27.6. The molecule has 0 aromatic rings. The van der Waals surface area contributed by atoms with E-state index in [9.17, 15) is 30.0 Å². The van der Waals surface area contributed by atoms with E-state index in [1.165, 1.54) is 51.4 Å². The molecule has 4 N–H and O–H groups in total. The number of ether oxygens (including phenoxy) is 2. The fraction of sp³-hybridized carbons (Fsp3) is 0.892. The minimum atomic E-state index is -0.832. The molecule has 264 valence electrons. The van der Waals surface area contributed by atoms with Crippen molar-refractivity contribution in [2.24, 2.45) is 11.8 Å². The van der Waals surface area contributed by atoms with E-state index in [1.54, 1.807) is 6.08 Å². The summed E-state index contributed by atoms with van der Waals surface area (Å²) in [6.07, 6.45) is 23.4. The summed E-state index contributed by atoms with van der Waals surface area (Å²) in [5.74, 6) is -0.908. The minimum Gasteiger partial charge on any atom is -0.462 e. The van der Waals surface area contributed by atoms with Crippen LogP contribution in [-0.2, 0) is 19.1 Å². The van der Waals surface area contributed by atoms with Crippen molar-refractivity contribution in [2.75, 3.05) is 13.2 Å². The number of hydrogen-bond donors (Lipinski definition) is 4. The molecule has 6 atom stereocenters. The van der Waals surface area contributed by atoms with Crippen LogP contribution in [-0.4, -0.2) is 70.0 Å². The number of carbonyl (C=O) groups excluding carboxylic acids is 2. The van der Waals surface area contributed by atoms with Crippen LogP contribution in [0.4, 0.5) is 0 Å². The van der Waals surface area contributed by atoms with Gasteiger partial charge in [-0.25, -0.2) is 0 Å². The summed E-state index contributed by atoms with van der Waals surface area (Å²) < 4.78 is 10.5. The van der Waals surface area contributed by atoms with Crippen molar-refractivity contribution in [3.8, 4) is 0 Å². The molecule has 0 amide bonds. The Labute approximate surface area is 274 Å². The number of esters is 2. The van der Waals surface area contributed by atoms with Crippen LogP contribution in [0.2, 0.25) is 0 Å². The van der Waals surface area contributed by atoms with Crippen molar-refractivity contribution in [1.82, 2.24) is 0 Å². The van der Waals surface area contributed by atoms with Gasteiger partial charge in [-0.1, -0.05) is 129 Å². The first-order valence-corrected chi connectivity index (χ1v) is 18.5. The maximum Gasteiger partial charge on any atom is 0.306 e. The van der Waals surface area contributed by atoms with E-state index < -0.39 is 24.4 Å². The van der Waals surface area contributed by atoms with Crippen molar-refractivity contribution in [3.05, 3.63) is 12.2 Å². The number of aliphatic hydroxyl groups is 4. The molecule has 1 aliphatic rings. The maximum absolute atomic E-state index is 12.2. The average Bonchev–Trinajstić information content (AvgIpc) is 3.29. The molecule has 0 radical (unpaired) electrons. The fourth-order valence-corrected chi connectivity index (χ4v) is 6.30. The Bertz CT molecular complexity index is 757. The van der Waals surface area contributed by atoms with Crippen molar-refractivity contribution >= 4 is 11.9 Å². The van der Waals surface area contributed by atoms with Gasteiger partial charge in [0.25, 0.3) is 0 Å². The first kappa shape index (κ1) is 41.5. The number of rotatable bonds is 29. The van der Waals surface area contributed by atoms with Crippen LogP contribution in [0.1, 0.15) is 162 Å². The predicted octanol–water partition coefficient (Wildman–Crippen LogP) is 7.33. The Morgan fingerprint density at radius 1 is 0.733 bits per heavy atom. The third-order valence-electron chi connectivity index (χ3n) is 9.16. The molecule has 0 aliphatic heterocycles. The molecular weight excluding hydrogens is 572 g/mol. The van der Waals surface area contributed by atoms with E-state index in [0.29, 0.717) is 25.7 Å². The number of unbranched alkanes of at least 4 members (excludes halogenated alkanes) is 15. The van der Waals surface area contributed by atoms with Crippen LogP contribution in [0.3, 0.4) is 0 Å². The second-order valence-electron chi connectivity index (χ2n) is 13.3. The molecule has 0 heterocycles. The van der Waals surface area contributed by atoms with E-state index in [4.69, 9.17) is 9.47 Å². The van der Waals surface area contributed by atoms with Crippen LogP contribution in [0.15, 0.2) is 12.2 Å². The molecule has 0 bridgehead atoms. The first-order valence-electron chi connectivity index (χ1n) is 18.5. The third kappa shape index (κ3) is 21.1. The van der Waals surface area contributed by atoms with Gasteiger partial charge < -0.3 is 29.9 Å². The first-order chi connectivity index (χ1) is 21.8. The van der Waals surface area contributed by atoms with Gasteiger partial charge >= 0.3 is 11.9 Å². The number of hydrogen-bond acceptors (Lipinski definition) is 8. The van der Waals surface area contributed by atoms with E-state index in [1.807, 2.05) is 6.08 Å². The Morgan fingerprint density at radius 3 is 1.87 bits per heavy atom. The van der Waals surface area contributed by atoms with Crippen molar-refractivity contribution in [2.45, 2.75) is 186 Å². The predicted molar refractivity (Wildman–Crippen MR) is 180 cm³/mol. The van der Waals surface area contributed by atoms with Crippen molar-refractivity contribution < 1.29 is 39.5 Å². The van der Waals surface area contributed by atoms with Crippen LogP contribution >= 0.6 is 0 Å². The van der Waals surface area contributed by atoms with Gasteiger partial charge in [0.1, 0.15) is 6.61 Å². The fourth-order valence-electron chi connectivity index (χ4n) is 6.30. The summed E-state index contributed by atoms with van der Waals surface area (Å²) in [6, 6.07) is 0. The van der Waals surface area contributed by atoms with Gasteiger partial charge in [0.2, 0.25) is 0 Å². The highest BCUT2D eigenvalue weighted by Gasteiger charge is 2.39. The zero-order valence-electron chi connectivity index (χ0n) is 28.7. The van der Waals surface area contributed by atoms with E-state index in [2.05, 4.69) is 13.8 Å². The topological polar surface area (TPSA) is 134 Å². The van der Waals surface area contributed by atoms with Crippen LogP contribution in [0.25, 0.3) is 0 Å². The quantitative estimate of drug-likeness (QED) is 0.0379. The molecule has 0 aromatic heterocycles. The molecule has 0 unspecified atom stereocenters. The zero-order valence-corrected chi connectivity index (χ0v) is 28.7. The highest BCUT2D eigenvalue weighted by molar-refractivity contribution is 5.70. The van der Waals surface area contributed by atoms with Gasteiger partial charge in [-0.2, -0.15) is 0 Å². The monoisotopic (exact) mass is 640 g/mol. The molecule has 1 rings (SSSR count). The smallest absolute Gasteiger partial charge is 0.306 e. The summed E-state index contributed by atoms with van der Waals surface area (Å²) in [6.45, 7) is 3.85. The van der Waals surface area contributed by atoms with Gasteiger partial charge in [-0.15, -0.1) is 0 Å². The summed E-state index contributed by atoms with van der Waals surface area (Å²) >= 11 is 0. The van der Waals surface area contributed by atoms with E-state index in [0.717, 1.165) is 64.2 Å². The largest absolute Gasteiger partial charge is 0.462 e. The van der Waals surface area contributed by atoms with Crippen molar-refractivity contribution in [1.29, 1.82) is 0 Å². The Hall–Kier alpha value is -1.48. The van der Waals surface area contributed by atoms with Crippen molar-refractivity contribution in [3.63, 3.8) is 0 Å². The summed E-state index contributed by atoms with van der Waals surface area (Å²) in [5, 5.41) is 40.7. The average molecular weight is 641 g/mol. The maximum atomic E-state index is 12.2.